The summed E-state index contributed by atoms with van der Waals surface area (Å²) in [5.41, 5.74) is 2.35. The Balaban J connectivity index is 2.70. The maximum Gasteiger partial charge on any atom is 0.354 e. The average molecular weight is 205 g/mol. The van der Waals surface area contributed by atoms with Gasteiger partial charge in [-0.3, -0.25) is 4.68 Å². The third-order valence-corrected chi connectivity index (χ3v) is 2.35. The molecule has 0 radical (unpaired) electrons. The van der Waals surface area contributed by atoms with Gasteiger partial charge in [0, 0.05) is 6.54 Å². The number of rotatable bonds is 2. The number of aryl methyl sites for hydroxylation is 2. The van der Waals surface area contributed by atoms with Crippen molar-refractivity contribution in [2.24, 2.45) is 0 Å². The molecule has 0 unspecified atom stereocenters. The van der Waals surface area contributed by atoms with Crippen LogP contribution in [0.3, 0.4) is 0 Å². The van der Waals surface area contributed by atoms with Crippen LogP contribution in [-0.4, -0.2) is 25.8 Å². The molecule has 0 fully saturated rings. The Hall–Kier alpha value is -1.91. The normalized spacial score (nSPS) is 10.8. The summed E-state index contributed by atoms with van der Waals surface area (Å²) < 4.78 is 1.81. The maximum absolute atomic E-state index is 10.7. The molecule has 2 heterocycles. The Morgan fingerprint density at radius 1 is 1.53 bits per heavy atom. The van der Waals surface area contributed by atoms with Crippen LogP contribution in [0.15, 0.2) is 12.1 Å². The highest BCUT2D eigenvalue weighted by Gasteiger charge is 2.11. The smallest absolute Gasteiger partial charge is 0.354 e. The van der Waals surface area contributed by atoms with Gasteiger partial charge in [0.15, 0.2) is 0 Å². The number of carboxylic acids is 1. The number of aromatic carboxylic acids is 1. The minimum absolute atomic E-state index is 0.0567. The highest BCUT2D eigenvalue weighted by Crippen LogP contribution is 2.15. The molecular formula is C10H11N3O2. The number of hydrogen-bond acceptors (Lipinski definition) is 3. The quantitative estimate of drug-likeness (QED) is 0.805. The summed E-state index contributed by atoms with van der Waals surface area (Å²) in [4.78, 5) is 14.8. The molecule has 0 bridgehead atoms. The lowest BCUT2D eigenvalue weighted by atomic mass is 10.3. The molecule has 15 heavy (non-hydrogen) atoms. The first-order valence-electron chi connectivity index (χ1n) is 4.71. The number of pyridine rings is 1. The van der Waals surface area contributed by atoms with E-state index in [2.05, 4.69) is 10.1 Å². The van der Waals surface area contributed by atoms with Gasteiger partial charge in [-0.05, 0) is 26.0 Å². The van der Waals surface area contributed by atoms with Crippen LogP contribution < -0.4 is 0 Å². The molecule has 0 aromatic carbocycles. The van der Waals surface area contributed by atoms with Crippen molar-refractivity contribution in [2.45, 2.75) is 20.4 Å². The van der Waals surface area contributed by atoms with Crippen molar-refractivity contribution in [3.05, 3.63) is 23.5 Å². The molecule has 0 saturated carbocycles. The molecular weight excluding hydrogens is 194 g/mol. The second-order valence-corrected chi connectivity index (χ2v) is 3.27. The van der Waals surface area contributed by atoms with Crippen LogP contribution in [0.5, 0.6) is 0 Å². The fraction of sp³-hybridized carbons (Fsp3) is 0.300. The third kappa shape index (κ3) is 1.45. The van der Waals surface area contributed by atoms with Gasteiger partial charge < -0.3 is 5.11 Å². The molecule has 0 amide bonds. The highest BCUT2D eigenvalue weighted by molar-refractivity contribution is 5.89. The van der Waals surface area contributed by atoms with E-state index >= 15 is 0 Å². The second-order valence-electron chi connectivity index (χ2n) is 3.27. The minimum Gasteiger partial charge on any atom is -0.477 e. The van der Waals surface area contributed by atoms with Gasteiger partial charge in [-0.1, -0.05) is 0 Å². The largest absolute Gasteiger partial charge is 0.477 e. The van der Waals surface area contributed by atoms with Gasteiger partial charge in [0.05, 0.1) is 5.69 Å². The number of nitrogens with zero attached hydrogens (tertiary/aromatic N) is 3. The molecule has 2 aromatic heterocycles. The molecule has 0 spiro atoms. The van der Waals surface area contributed by atoms with Gasteiger partial charge in [-0.2, -0.15) is 5.10 Å². The SMILES string of the molecule is CCn1nc2ccc(C(=O)O)nc2c1C. The fourth-order valence-corrected chi connectivity index (χ4v) is 1.55. The van der Waals surface area contributed by atoms with Gasteiger partial charge in [-0.25, -0.2) is 9.78 Å². The van der Waals surface area contributed by atoms with Crippen molar-refractivity contribution in [1.29, 1.82) is 0 Å². The van der Waals surface area contributed by atoms with Crippen LogP contribution in [0.1, 0.15) is 23.1 Å². The summed E-state index contributed by atoms with van der Waals surface area (Å²) in [5.74, 6) is -1.01. The van der Waals surface area contributed by atoms with E-state index in [1.807, 2.05) is 18.5 Å². The van der Waals surface area contributed by atoms with Crippen LogP contribution in [-0.2, 0) is 6.54 Å². The Morgan fingerprint density at radius 2 is 2.27 bits per heavy atom. The zero-order chi connectivity index (χ0) is 11.0. The molecule has 2 aromatic rings. The van der Waals surface area contributed by atoms with Gasteiger partial charge in [0.1, 0.15) is 16.7 Å². The van der Waals surface area contributed by atoms with Gasteiger partial charge >= 0.3 is 5.97 Å². The standard InChI is InChI=1S/C10H11N3O2/c1-3-13-6(2)9-7(12-13)4-5-8(11-9)10(14)15/h4-5H,3H2,1-2H3,(H,14,15). The van der Waals surface area contributed by atoms with Crippen LogP contribution in [0.25, 0.3) is 11.0 Å². The van der Waals surface area contributed by atoms with E-state index in [1.54, 1.807) is 6.07 Å². The predicted molar refractivity (Wildman–Crippen MR) is 54.9 cm³/mol. The Kier molecular flexibility index (Phi) is 2.15. The fourth-order valence-electron chi connectivity index (χ4n) is 1.55. The first kappa shape index (κ1) is 9.64. The number of carbonyl (C=O) groups is 1. The Labute approximate surface area is 86.4 Å². The van der Waals surface area contributed by atoms with Crippen LogP contribution in [0.2, 0.25) is 0 Å². The molecule has 0 aliphatic heterocycles. The van der Waals surface area contributed by atoms with E-state index in [4.69, 9.17) is 5.11 Å². The predicted octanol–water partition coefficient (Wildman–Crippen LogP) is 1.46. The van der Waals surface area contributed by atoms with E-state index < -0.39 is 5.97 Å². The van der Waals surface area contributed by atoms with Crippen LogP contribution in [0.4, 0.5) is 0 Å². The van der Waals surface area contributed by atoms with Crippen molar-refractivity contribution in [3.8, 4) is 0 Å². The van der Waals surface area contributed by atoms with E-state index in [9.17, 15) is 4.79 Å². The zero-order valence-electron chi connectivity index (χ0n) is 8.56. The van der Waals surface area contributed by atoms with Gasteiger partial charge in [0.25, 0.3) is 0 Å². The zero-order valence-corrected chi connectivity index (χ0v) is 8.56. The molecule has 0 aliphatic rings. The van der Waals surface area contributed by atoms with E-state index in [0.29, 0.717) is 5.52 Å². The summed E-state index contributed by atoms with van der Waals surface area (Å²) in [7, 11) is 0. The molecule has 5 nitrogen and oxygen atoms in total. The van der Waals surface area contributed by atoms with Gasteiger partial charge in [0.2, 0.25) is 0 Å². The van der Waals surface area contributed by atoms with Crippen molar-refractivity contribution < 1.29 is 9.90 Å². The topological polar surface area (TPSA) is 68.0 Å². The van der Waals surface area contributed by atoms with Crippen molar-refractivity contribution in [3.63, 3.8) is 0 Å². The summed E-state index contributed by atoms with van der Waals surface area (Å²) in [6, 6.07) is 3.15. The first-order valence-corrected chi connectivity index (χ1v) is 4.71. The number of hydrogen-bond donors (Lipinski definition) is 1. The minimum atomic E-state index is -1.01. The molecule has 78 valence electrons. The Bertz CT molecular complexity index is 531. The lowest BCUT2D eigenvalue weighted by Crippen LogP contribution is -2.00. The molecule has 1 N–H and O–H groups in total. The number of carboxylic acid groups (broad SMARTS) is 1. The summed E-state index contributed by atoms with van der Waals surface area (Å²) in [6.07, 6.45) is 0. The highest BCUT2D eigenvalue weighted by atomic mass is 16.4. The number of aromatic nitrogens is 3. The monoisotopic (exact) mass is 205 g/mol. The van der Waals surface area contributed by atoms with E-state index in [-0.39, 0.29) is 5.69 Å². The number of fused-ring (bicyclic) bond motifs is 1. The van der Waals surface area contributed by atoms with E-state index in [0.717, 1.165) is 17.8 Å². The first-order chi connectivity index (χ1) is 7.13. The summed E-state index contributed by atoms with van der Waals surface area (Å²) >= 11 is 0. The van der Waals surface area contributed by atoms with Crippen molar-refractivity contribution in [1.82, 2.24) is 14.8 Å². The van der Waals surface area contributed by atoms with Crippen LogP contribution >= 0.6 is 0 Å². The van der Waals surface area contributed by atoms with Crippen molar-refractivity contribution in [2.75, 3.05) is 0 Å². The maximum atomic E-state index is 10.7. The van der Waals surface area contributed by atoms with Crippen LogP contribution in [0, 0.1) is 6.92 Å². The third-order valence-electron chi connectivity index (χ3n) is 2.35. The average Bonchev–Trinajstić information content (AvgIpc) is 2.55. The van der Waals surface area contributed by atoms with Gasteiger partial charge in [-0.15, -0.1) is 0 Å². The molecule has 2 rings (SSSR count). The summed E-state index contributed by atoms with van der Waals surface area (Å²) in [6.45, 7) is 4.62. The van der Waals surface area contributed by atoms with E-state index in [1.165, 1.54) is 6.07 Å². The molecule has 0 aliphatic carbocycles. The molecule has 5 heteroatoms. The van der Waals surface area contributed by atoms with Crippen molar-refractivity contribution >= 4 is 17.0 Å². The lowest BCUT2D eigenvalue weighted by Gasteiger charge is -1.96. The second kappa shape index (κ2) is 3.34. The Morgan fingerprint density at radius 3 is 2.87 bits per heavy atom. The molecule has 0 saturated heterocycles. The molecule has 0 atom stereocenters. The lowest BCUT2D eigenvalue weighted by molar-refractivity contribution is 0.0691. The summed E-state index contributed by atoms with van der Waals surface area (Å²) in [5, 5.41) is 13.1.